The van der Waals surface area contributed by atoms with Gasteiger partial charge in [-0.3, -0.25) is 4.79 Å². The lowest BCUT2D eigenvalue weighted by Crippen LogP contribution is -2.53. The molecule has 2 aliphatic heterocycles. The van der Waals surface area contributed by atoms with Gasteiger partial charge in [-0.2, -0.15) is 0 Å². The number of nitrogens with two attached hydrogens (primary N) is 1. The third-order valence-corrected chi connectivity index (χ3v) is 6.27. The molecule has 6 heteroatoms. The SMILES string of the molecule is CCC=C1c2cc(C(=O)OCC)ccc2N=C2C(C(N)=O)CC(CC)(CC)CN12. The molecule has 0 spiro atoms. The molecule has 1 aromatic rings. The number of benzene rings is 1. The number of carbonyl (C=O) groups is 2. The summed E-state index contributed by atoms with van der Waals surface area (Å²) in [4.78, 5) is 31.6. The first kappa shape index (κ1) is 21.1. The van der Waals surface area contributed by atoms with E-state index in [1.165, 1.54) is 0 Å². The van der Waals surface area contributed by atoms with Gasteiger partial charge in [-0.1, -0.05) is 26.8 Å². The Morgan fingerprint density at radius 3 is 2.59 bits per heavy atom. The van der Waals surface area contributed by atoms with Gasteiger partial charge in [-0.25, -0.2) is 9.79 Å². The maximum atomic E-state index is 12.4. The molecule has 1 atom stereocenters. The zero-order valence-electron chi connectivity index (χ0n) is 17.8. The largest absolute Gasteiger partial charge is 0.462 e. The molecule has 1 aromatic carbocycles. The average molecular weight is 398 g/mol. The van der Waals surface area contributed by atoms with Crippen LogP contribution in [0.2, 0.25) is 0 Å². The van der Waals surface area contributed by atoms with Crippen molar-refractivity contribution < 1.29 is 14.3 Å². The van der Waals surface area contributed by atoms with Crippen molar-refractivity contribution in [2.24, 2.45) is 22.1 Å². The summed E-state index contributed by atoms with van der Waals surface area (Å²) < 4.78 is 5.17. The van der Waals surface area contributed by atoms with Gasteiger partial charge in [0.15, 0.2) is 0 Å². The van der Waals surface area contributed by atoms with E-state index in [9.17, 15) is 9.59 Å². The van der Waals surface area contributed by atoms with Gasteiger partial charge in [-0.15, -0.1) is 0 Å². The summed E-state index contributed by atoms with van der Waals surface area (Å²) in [6, 6.07) is 5.40. The van der Waals surface area contributed by atoms with Gasteiger partial charge in [0, 0.05) is 17.8 Å². The lowest BCUT2D eigenvalue weighted by Gasteiger charge is -2.48. The number of amidine groups is 1. The molecule has 1 amide bonds. The number of rotatable bonds is 6. The fourth-order valence-corrected chi connectivity index (χ4v) is 4.39. The van der Waals surface area contributed by atoms with Crippen molar-refractivity contribution in [1.29, 1.82) is 0 Å². The number of fused-ring (bicyclic) bond motifs is 2. The second-order valence-corrected chi connectivity index (χ2v) is 7.87. The summed E-state index contributed by atoms with van der Waals surface area (Å²) >= 11 is 0. The second-order valence-electron chi connectivity index (χ2n) is 7.87. The predicted molar refractivity (Wildman–Crippen MR) is 115 cm³/mol. The molecule has 0 aromatic heterocycles. The topological polar surface area (TPSA) is 85.0 Å². The minimum absolute atomic E-state index is 0.00179. The van der Waals surface area contributed by atoms with E-state index in [1.807, 2.05) is 12.1 Å². The van der Waals surface area contributed by atoms with Crippen LogP contribution in [0.4, 0.5) is 5.69 Å². The van der Waals surface area contributed by atoms with Gasteiger partial charge in [0.25, 0.3) is 0 Å². The van der Waals surface area contributed by atoms with Gasteiger partial charge >= 0.3 is 5.97 Å². The lowest BCUT2D eigenvalue weighted by atomic mass is 9.70. The Morgan fingerprint density at radius 1 is 1.28 bits per heavy atom. The number of amides is 1. The standard InChI is InChI=1S/C23H31N3O3/c1-5-9-19-16-12-15(22(28)29-8-4)10-11-18(16)25-21-17(20(24)27)13-23(6-2,7-3)14-26(19)21/h9-12,17H,5-8,13-14H2,1-4H3,(H2,24,27). The van der Waals surface area contributed by atoms with Crippen molar-refractivity contribution in [3.8, 4) is 0 Å². The van der Waals surface area contributed by atoms with Crippen molar-refractivity contribution >= 4 is 29.1 Å². The maximum Gasteiger partial charge on any atom is 0.338 e. The van der Waals surface area contributed by atoms with E-state index in [0.29, 0.717) is 12.2 Å². The maximum absolute atomic E-state index is 12.4. The minimum Gasteiger partial charge on any atom is -0.462 e. The first-order valence-corrected chi connectivity index (χ1v) is 10.6. The van der Waals surface area contributed by atoms with Crippen LogP contribution < -0.4 is 5.73 Å². The van der Waals surface area contributed by atoms with Crippen LogP contribution in [0.1, 0.15) is 69.3 Å². The van der Waals surface area contributed by atoms with E-state index in [0.717, 1.165) is 55.0 Å². The highest BCUT2D eigenvalue weighted by molar-refractivity contribution is 6.09. The Labute approximate surface area is 172 Å². The van der Waals surface area contributed by atoms with Gasteiger partial charge in [-0.05, 0) is 56.2 Å². The summed E-state index contributed by atoms with van der Waals surface area (Å²) in [5.41, 5.74) is 8.97. The van der Waals surface area contributed by atoms with E-state index >= 15 is 0 Å². The zero-order chi connectivity index (χ0) is 21.2. The first-order valence-electron chi connectivity index (χ1n) is 10.6. The molecule has 1 unspecified atom stereocenters. The van der Waals surface area contributed by atoms with Crippen LogP contribution >= 0.6 is 0 Å². The molecule has 0 bridgehead atoms. The molecule has 1 saturated heterocycles. The van der Waals surface area contributed by atoms with E-state index in [2.05, 4.69) is 31.7 Å². The second kappa shape index (κ2) is 8.39. The van der Waals surface area contributed by atoms with Gasteiger partial charge in [0.05, 0.1) is 23.8 Å². The molecule has 29 heavy (non-hydrogen) atoms. The fraction of sp³-hybridized carbons (Fsp3) is 0.522. The Kier molecular flexibility index (Phi) is 6.10. The first-order chi connectivity index (χ1) is 13.9. The van der Waals surface area contributed by atoms with Crippen molar-refractivity contribution in [3.63, 3.8) is 0 Å². The number of piperidine rings is 1. The van der Waals surface area contributed by atoms with Gasteiger partial charge in [0.1, 0.15) is 5.84 Å². The molecule has 0 aliphatic carbocycles. The predicted octanol–water partition coefficient (Wildman–Crippen LogP) is 4.27. The summed E-state index contributed by atoms with van der Waals surface area (Å²) in [6.45, 7) is 9.33. The summed E-state index contributed by atoms with van der Waals surface area (Å²) in [7, 11) is 0. The number of aliphatic imine (C=N–C) groups is 1. The zero-order valence-corrected chi connectivity index (χ0v) is 17.8. The van der Waals surface area contributed by atoms with E-state index in [1.54, 1.807) is 13.0 Å². The summed E-state index contributed by atoms with van der Waals surface area (Å²) in [5, 5.41) is 0. The van der Waals surface area contributed by atoms with E-state index in [-0.39, 0.29) is 17.3 Å². The summed E-state index contributed by atoms with van der Waals surface area (Å²) in [5.74, 6) is -0.360. The van der Waals surface area contributed by atoms with Crippen LogP contribution in [0.15, 0.2) is 29.3 Å². The van der Waals surface area contributed by atoms with Gasteiger partial charge in [0.2, 0.25) is 5.91 Å². The van der Waals surface area contributed by atoms with Crippen molar-refractivity contribution in [2.75, 3.05) is 13.2 Å². The molecule has 1 fully saturated rings. The third kappa shape index (κ3) is 3.80. The van der Waals surface area contributed by atoms with Crippen LogP contribution in [0.5, 0.6) is 0 Å². The number of esters is 1. The Bertz CT molecular complexity index is 868. The van der Waals surface area contributed by atoms with Crippen LogP contribution in [-0.4, -0.2) is 35.8 Å². The smallest absolute Gasteiger partial charge is 0.338 e. The van der Waals surface area contributed by atoms with Crippen LogP contribution in [-0.2, 0) is 9.53 Å². The quantitative estimate of drug-likeness (QED) is 0.727. The third-order valence-electron chi connectivity index (χ3n) is 6.27. The Hall–Kier alpha value is -2.63. The molecule has 0 radical (unpaired) electrons. The van der Waals surface area contributed by atoms with Crippen LogP contribution in [0, 0.1) is 11.3 Å². The van der Waals surface area contributed by atoms with E-state index < -0.39 is 5.92 Å². The highest BCUT2D eigenvalue weighted by Gasteiger charge is 2.45. The number of hydrogen-bond acceptors (Lipinski definition) is 5. The molecule has 6 nitrogen and oxygen atoms in total. The highest BCUT2D eigenvalue weighted by Crippen LogP contribution is 2.46. The number of carbonyl (C=O) groups excluding carboxylic acids is 2. The number of primary amides is 1. The van der Waals surface area contributed by atoms with Crippen LogP contribution in [0.25, 0.3) is 5.70 Å². The number of allylic oxidation sites excluding steroid dienone is 1. The Morgan fingerprint density at radius 2 is 2.00 bits per heavy atom. The van der Waals surface area contributed by atoms with E-state index in [4.69, 9.17) is 15.5 Å². The number of nitrogens with zero attached hydrogens (tertiary/aromatic N) is 2. The number of hydrogen-bond donors (Lipinski definition) is 1. The molecule has 3 rings (SSSR count). The van der Waals surface area contributed by atoms with Crippen molar-refractivity contribution in [1.82, 2.24) is 4.90 Å². The molecule has 156 valence electrons. The Balaban J connectivity index is 2.16. The molecular formula is C23H31N3O3. The van der Waals surface area contributed by atoms with Crippen molar-refractivity contribution in [2.45, 2.75) is 53.4 Å². The monoisotopic (exact) mass is 397 g/mol. The summed E-state index contributed by atoms with van der Waals surface area (Å²) in [6.07, 6.45) is 5.62. The minimum atomic E-state index is -0.415. The average Bonchev–Trinajstić information content (AvgIpc) is 2.72. The normalized spacial score (nSPS) is 21.2. The molecule has 2 aliphatic rings. The van der Waals surface area contributed by atoms with Crippen molar-refractivity contribution in [3.05, 3.63) is 35.4 Å². The molecular weight excluding hydrogens is 366 g/mol. The molecule has 0 saturated carbocycles. The number of ether oxygens (including phenoxy) is 1. The fourth-order valence-electron chi connectivity index (χ4n) is 4.39. The van der Waals surface area contributed by atoms with Gasteiger partial charge < -0.3 is 15.4 Å². The molecule has 2 heterocycles. The molecule has 2 N–H and O–H groups in total. The van der Waals surface area contributed by atoms with Crippen LogP contribution in [0.3, 0.4) is 0 Å². The lowest BCUT2D eigenvalue weighted by molar-refractivity contribution is -0.121. The highest BCUT2D eigenvalue weighted by atomic mass is 16.5.